The maximum atomic E-state index is 11.6. The first-order valence-electron chi connectivity index (χ1n) is 7.02. The van der Waals surface area contributed by atoms with Crippen LogP contribution in [0.1, 0.15) is 36.5 Å². The summed E-state index contributed by atoms with van der Waals surface area (Å²) in [6, 6.07) is 1.79. The Morgan fingerprint density at radius 2 is 2.00 bits per heavy atom. The minimum atomic E-state index is -0.0737. The molecule has 2 amide bonds. The zero-order valence-corrected chi connectivity index (χ0v) is 12.7. The van der Waals surface area contributed by atoms with Crippen LogP contribution in [0.5, 0.6) is 0 Å². The molecule has 20 heavy (non-hydrogen) atoms. The van der Waals surface area contributed by atoms with Gasteiger partial charge in [-0.1, -0.05) is 6.92 Å². The molecule has 1 heterocycles. The van der Waals surface area contributed by atoms with E-state index in [4.69, 9.17) is 0 Å². The molecule has 112 valence electrons. The van der Waals surface area contributed by atoms with Crippen molar-refractivity contribution >= 4 is 23.2 Å². The molecule has 0 saturated heterocycles. The fourth-order valence-corrected chi connectivity index (χ4v) is 2.26. The molecule has 0 saturated carbocycles. The predicted molar refractivity (Wildman–Crippen MR) is 82.1 cm³/mol. The summed E-state index contributed by atoms with van der Waals surface area (Å²) in [5.41, 5.74) is 0.682. The first-order valence-corrected chi connectivity index (χ1v) is 7.96. The highest BCUT2D eigenvalue weighted by Gasteiger charge is 2.05. The van der Waals surface area contributed by atoms with Crippen LogP contribution >= 0.6 is 11.3 Å². The van der Waals surface area contributed by atoms with Gasteiger partial charge < -0.3 is 16.0 Å². The summed E-state index contributed by atoms with van der Waals surface area (Å²) in [5, 5.41) is 12.5. The Bertz CT molecular complexity index is 393. The lowest BCUT2D eigenvalue weighted by molar-refractivity contribution is -0.121. The highest BCUT2D eigenvalue weighted by molar-refractivity contribution is 7.08. The summed E-state index contributed by atoms with van der Waals surface area (Å²) in [7, 11) is 0. The number of amides is 2. The first-order chi connectivity index (χ1) is 9.74. The highest BCUT2D eigenvalue weighted by Crippen LogP contribution is 2.05. The van der Waals surface area contributed by atoms with Crippen molar-refractivity contribution < 1.29 is 9.59 Å². The molecule has 0 aliphatic rings. The predicted octanol–water partition coefficient (Wildman–Crippen LogP) is 1.37. The number of nitrogens with one attached hydrogen (secondary N) is 3. The van der Waals surface area contributed by atoms with Gasteiger partial charge >= 0.3 is 0 Å². The summed E-state index contributed by atoms with van der Waals surface area (Å²) >= 11 is 1.50. The van der Waals surface area contributed by atoms with E-state index in [1.54, 1.807) is 6.07 Å². The minimum absolute atomic E-state index is 0.0353. The van der Waals surface area contributed by atoms with E-state index in [9.17, 15) is 9.59 Å². The van der Waals surface area contributed by atoms with Gasteiger partial charge in [0.25, 0.3) is 5.91 Å². The third-order valence-electron chi connectivity index (χ3n) is 2.70. The molecule has 0 aromatic carbocycles. The van der Waals surface area contributed by atoms with E-state index < -0.39 is 0 Å². The van der Waals surface area contributed by atoms with Crippen LogP contribution in [-0.4, -0.2) is 38.0 Å². The van der Waals surface area contributed by atoms with E-state index in [0.717, 1.165) is 19.5 Å². The van der Waals surface area contributed by atoms with E-state index >= 15 is 0 Å². The van der Waals surface area contributed by atoms with Gasteiger partial charge in [0.15, 0.2) is 0 Å². The quantitative estimate of drug-likeness (QED) is 0.571. The Morgan fingerprint density at radius 3 is 2.70 bits per heavy atom. The number of hydrogen-bond donors (Lipinski definition) is 3. The Balaban J connectivity index is 1.98. The van der Waals surface area contributed by atoms with Gasteiger partial charge in [-0.15, -0.1) is 0 Å². The lowest BCUT2D eigenvalue weighted by Gasteiger charge is -2.06. The maximum absolute atomic E-state index is 11.6. The second-order valence-electron chi connectivity index (χ2n) is 4.47. The van der Waals surface area contributed by atoms with Gasteiger partial charge in [-0.2, -0.15) is 11.3 Å². The topological polar surface area (TPSA) is 70.2 Å². The zero-order chi connectivity index (χ0) is 14.6. The van der Waals surface area contributed by atoms with Crippen LogP contribution in [0.15, 0.2) is 16.8 Å². The molecule has 0 bridgehead atoms. The van der Waals surface area contributed by atoms with Gasteiger partial charge in [-0.05, 0) is 30.8 Å². The molecular weight excluding hydrogens is 274 g/mol. The molecule has 0 aliphatic carbocycles. The van der Waals surface area contributed by atoms with Crippen LogP contribution in [-0.2, 0) is 4.79 Å². The van der Waals surface area contributed by atoms with Crippen molar-refractivity contribution in [2.45, 2.75) is 26.2 Å². The fourth-order valence-electron chi connectivity index (χ4n) is 1.63. The van der Waals surface area contributed by atoms with Crippen LogP contribution in [0.2, 0.25) is 0 Å². The average molecular weight is 297 g/mol. The van der Waals surface area contributed by atoms with Gasteiger partial charge in [0.05, 0.1) is 0 Å². The molecule has 0 unspecified atom stereocenters. The van der Waals surface area contributed by atoms with Crippen molar-refractivity contribution in [2.24, 2.45) is 0 Å². The fraction of sp³-hybridized carbons (Fsp3) is 0.571. The molecule has 1 rings (SSSR count). The van der Waals surface area contributed by atoms with E-state index in [1.165, 1.54) is 11.3 Å². The lowest BCUT2D eigenvalue weighted by atomic mass is 10.2. The molecule has 0 aliphatic heterocycles. The summed E-state index contributed by atoms with van der Waals surface area (Å²) in [6.07, 6.45) is 2.19. The Labute approximate surface area is 124 Å². The summed E-state index contributed by atoms with van der Waals surface area (Å²) in [5.74, 6) is -0.0384. The second kappa shape index (κ2) is 10.4. The van der Waals surface area contributed by atoms with Crippen LogP contribution < -0.4 is 16.0 Å². The monoisotopic (exact) mass is 297 g/mol. The van der Waals surface area contributed by atoms with Crippen molar-refractivity contribution in [2.75, 3.05) is 26.2 Å². The Morgan fingerprint density at radius 1 is 1.15 bits per heavy atom. The molecule has 3 N–H and O–H groups in total. The first kappa shape index (κ1) is 16.7. The molecule has 1 aromatic heterocycles. The van der Waals surface area contributed by atoms with Gasteiger partial charge in [0.2, 0.25) is 5.91 Å². The van der Waals surface area contributed by atoms with Crippen LogP contribution in [0.4, 0.5) is 0 Å². The number of carbonyl (C=O) groups excluding carboxylic acids is 2. The third kappa shape index (κ3) is 7.25. The summed E-state index contributed by atoms with van der Waals surface area (Å²) in [6.45, 7) is 5.06. The number of rotatable bonds is 10. The Hall–Kier alpha value is -1.40. The van der Waals surface area contributed by atoms with Gasteiger partial charge in [0.1, 0.15) is 0 Å². The summed E-state index contributed by atoms with van der Waals surface area (Å²) in [4.78, 5) is 23.1. The number of thiophene rings is 1. The van der Waals surface area contributed by atoms with Gasteiger partial charge in [-0.3, -0.25) is 9.59 Å². The molecule has 0 atom stereocenters. The molecular formula is C14H23N3O2S. The minimum Gasteiger partial charge on any atom is -0.355 e. The SMILES string of the molecule is CCCNCCNC(=O)CCCNC(=O)c1ccsc1. The van der Waals surface area contributed by atoms with Crippen molar-refractivity contribution in [3.63, 3.8) is 0 Å². The third-order valence-corrected chi connectivity index (χ3v) is 3.38. The molecule has 6 heteroatoms. The van der Waals surface area contributed by atoms with Crippen molar-refractivity contribution in [3.8, 4) is 0 Å². The maximum Gasteiger partial charge on any atom is 0.252 e. The normalized spacial score (nSPS) is 10.2. The van der Waals surface area contributed by atoms with Crippen molar-refractivity contribution in [1.82, 2.24) is 16.0 Å². The standard InChI is InChI=1S/C14H23N3O2S/c1-2-6-15-8-9-16-13(18)4-3-7-17-14(19)12-5-10-20-11-12/h5,10-11,15H,2-4,6-9H2,1H3,(H,16,18)(H,17,19). The van der Waals surface area contributed by atoms with Crippen LogP contribution in [0.3, 0.4) is 0 Å². The lowest BCUT2D eigenvalue weighted by Crippen LogP contribution is -2.32. The van der Waals surface area contributed by atoms with Crippen LogP contribution in [0.25, 0.3) is 0 Å². The van der Waals surface area contributed by atoms with Gasteiger partial charge in [0, 0.05) is 37.0 Å². The average Bonchev–Trinajstić information content (AvgIpc) is 2.97. The number of carbonyl (C=O) groups is 2. The largest absolute Gasteiger partial charge is 0.355 e. The van der Waals surface area contributed by atoms with E-state index in [-0.39, 0.29) is 11.8 Å². The smallest absolute Gasteiger partial charge is 0.252 e. The van der Waals surface area contributed by atoms with Crippen molar-refractivity contribution in [3.05, 3.63) is 22.4 Å². The van der Waals surface area contributed by atoms with E-state index in [2.05, 4.69) is 22.9 Å². The molecule has 0 radical (unpaired) electrons. The van der Waals surface area contributed by atoms with E-state index in [0.29, 0.717) is 31.5 Å². The highest BCUT2D eigenvalue weighted by atomic mass is 32.1. The number of hydrogen-bond acceptors (Lipinski definition) is 4. The van der Waals surface area contributed by atoms with E-state index in [1.807, 2.05) is 10.8 Å². The van der Waals surface area contributed by atoms with Gasteiger partial charge in [-0.25, -0.2) is 0 Å². The van der Waals surface area contributed by atoms with Crippen LogP contribution in [0, 0.1) is 0 Å². The second-order valence-corrected chi connectivity index (χ2v) is 5.25. The zero-order valence-electron chi connectivity index (χ0n) is 11.9. The Kier molecular flexibility index (Phi) is 8.66. The van der Waals surface area contributed by atoms with Crippen molar-refractivity contribution in [1.29, 1.82) is 0 Å². The molecule has 0 fully saturated rings. The molecule has 0 spiro atoms. The molecule has 1 aromatic rings. The molecule has 5 nitrogen and oxygen atoms in total. The summed E-state index contributed by atoms with van der Waals surface area (Å²) < 4.78 is 0.